The van der Waals surface area contributed by atoms with Crippen molar-refractivity contribution >= 4 is 11.7 Å². The molecule has 0 amide bonds. The largest absolute Gasteiger partial charge is 0.481 e. The summed E-state index contributed by atoms with van der Waals surface area (Å²) in [6.45, 7) is 1.14. The number of carbonyl (C=O) groups is 1. The molecule has 7 heteroatoms. The summed E-state index contributed by atoms with van der Waals surface area (Å²) in [6.07, 6.45) is -4.60. The van der Waals surface area contributed by atoms with Crippen LogP contribution < -0.4 is 10.5 Å². The van der Waals surface area contributed by atoms with Gasteiger partial charge in [0, 0.05) is 5.69 Å². The molecule has 0 unspecified atom stereocenters. The molecule has 4 nitrogen and oxygen atoms in total. The first-order valence-corrected chi connectivity index (χ1v) is 5.09. The highest BCUT2D eigenvalue weighted by atomic mass is 19.4. The molecule has 0 fully saturated rings. The zero-order chi connectivity index (χ0) is 13.8. The van der Waals surface area contributed by atoms with E-state index in [1.54, 1.807) is 6.92 Å². The van der Waals surface area contributed by atoms with Gasteiger partial charge in [-0.15, -0.1) is 0 Å². The zero-order valence-electron chi connectivity index (χ0n) is 9.58. The minimum absolute atomic E-state index is 0.0363. The van der Waals surface area contributed by atoms with E-state index in [9.17, 15) is 18.0 Å². The van der Waals surface area contributed by atoms with Crippen LogP contribution in [0.5, 0.6) is 5.75 Å². The second kappa shape index (κ2) is 5.61. The molecule has 0 bridgehead atoms. The standard InChI is InChI=1S/C11H12F3NO3/c1-2-17-10(16)6-18-9-4-3-7(15)5-8(9)11(12,13)14/h3-5H,2,6,15H2,1H3. The van der Waals surface area contributed by atoms with Crippen LogP contribution in [0.4, 0.5) is 18.9 Å². The van der Waals surface area contributed by atoms with Gasteiger partial charge in [0.1, 0.15) is 5.75 Å². The van der Waals surface area contributed by atoms with Crippen molar-refractivity contribution in [2.75, 3.05) is 18.9 Å². The lowest BCUT2D eigenvalue weighted by molar-refractivity contribution is -0.147. The van der Waals surface area contributed by atoms with Crippen molar-refractivity contribution in [3.05, 3.63) is 23.8 Å². The van der Waals surface area contributed by atoms with Crippen LogP contribution >= 0.6 is 0 Å². The monoisotopic (exact) mass is 263 g/mol. The molecule has 0 aliphatic rings. The number of anilines is 1. The van der Waals surface area contributed by atoms with E-state index >= 15 is 0 Å². The molecule has 0 aliphatic heterocycles. The van der Waals surface area contributed by atoms with E-state index in [0.29, 0.717) is 0 Å². The lowest BCUT2D eigenvalue weighted by Gasteiger charge is -2.14. The highest BCUT2D eigenvalue weighted by Gasteiger charge is 2.34. The summed E-state index contributed by atoms with van der Waals surface area (Å²) in [7, 11) is 0. The van der Waals surface area contributed by atoms with Gasteiger partial charge in [-0.3, -0.25) is 0 Å². The maximum Gasteiger partial charge on any atom is 0.420 e. The van der Waals surface area contributed by atoms with Gasteiger partial charge in [0.2, 0.25) is 0 Å². The first-order chi connectivity index (χ1) is 8.34. The van der Waals surface area contributed by atoms with Crippen molar-refractivity contribution in [1.29, 1.82) is 0 Å². The number of hydrogen-bond acceptors (Lipinski definition) is 4. The minimum atomic E-state index is -4.60. The fraction of sp³-hybridized carbons (Fsp3) is 0.364. The zero-order valence-corrected chi connectivity index (χ0v) is 9.58. The van der Waals surface area contributed by atoms with E-state index in [-0.39, 0.29) is 12.3 Å². The van der Waals surface area contributed by atoms with Crippen LogP contribution in [0.3, 0.4) is 0 Å². The Bertz CT molecular complexity index is 432. The number of esters is 1. The van der Waals surface area contributed by atoms with Crippen molar-refractivity contribution in [3.63, 3.8) is 0 Å². The van der Waals surface area contributed by atoms with Crippen LogP contribution in [0.2, 0.25) is 0 Å². The lowest BCUT2D eigenvalue weighted by Crippen LogP contribution is -2.17. The Morgan fingerprint density at radius 3 is 2.61 bits per heavy atom. The van der Waals surface area contributed by atoms with Gasteiger partial charge in [-0.25, -0.2) is 4.79 Å². The number of rotatable bonds is 4. The molecule has 1 rings (SSSR count). The van der Waals surface area contributed by atoms with Gasteiger partial charge in [-0.05, 0) is 25.1 Å². The van der Waals surface area contributed by atoms with Crippen molar-refractivity contribution in [2.45, 2.75) is 13.1 Å². The molecular formula is C11H12F3NO3. The Kier molecular flexibility index (Phi) is 4.41. The number of halogens is 3. The van der Waals surface area contributed by atoms with Crippen molar-refractivity contribution in [1.82, 2.24) is 0 Å². The molecule has 100 valence electrons. The summed E-state index contributed by atoms with van der Waals surface area (Å²) in [5.41, 5.74) is 4.22. The Balaban J connectivity index is 2.85. The molecule has 0 radical (unpaired) electrons. The Morgan fingerprint density at radius 2 is 2.06 bits per heavy atom. The van der Waals surface area contributed by atoms with Crippen LogP contribution in [0, 0.1) is 0 Å². The minimum Gasteiger partial charge on any atom is -0.481 e. The van der Waals surface area contributed by atoms with Crippen LogP contribution in [0.1, 0.15) is 12.5 Å². The van der Waals surface area contributed by atoms with E-state index < -0.39 is 30.1 Å². The number of benzene rings is 1. The fourth-order valence-corrected chi connectivity index (χ4v) is 1.23. The summed E-state index contributed by atoms with van der Waals surface area (Å²) in [5, 5.41) is 0. The van der Waals surface area contributed by atoms with Gasteiger partial charge in [-0.1, -0.05) is 0 Å². The van der Waals surface area contributed by atoms with E-state index in [4.69, 9.17) is 10.5 Å². The molecule has 1 aromatic rings. The molecule has 0 aliphatic carbocycles. The number of nitrogen functional groups attached to an aromatic ring is 1. The van der Waals surface area contributed by atoms with Gasteiger partial charge in [0.15, 0.2) is 6.61 Å². The number of ether oxygens (including phenoxy) is 2. The van der Waals surface area contributed by atoms with Gasteiger partial charge < -0.3 is 15.2 Å². The van der Waals surface area contributed by atoms with Crippen LogP contribution in [-0.4, -0.2) is 19.2 Å². The first-order valence-electron chi connectivity index (χ1n) is 5.09. The third-order valence-corrected chi connectivity index (χ3v) is 1.96. The Labute approximate surface area is 101 Å². The number of hydrogen-bond donors (Lipinski definition) is 1. The van der Waals surface area contributed by atoms with E-state index in [0.717, 1.165) is 12.1 Å². The van der Waals surface area contributed by atoms with E-state index in [2.05, 4.69) is 4.74 Å². The maximum atomic E-state index is 12.6. The second-order valence-electron chi connectivity index (χ2n) is 3.35. The average molecular weight is 263 g/mol. The van der Waals surface area contributed by atoms with Crippen molar-refractivity contribution < 1.29 is 27.4 Å². The number of alkyl halides is 3. The summed E-state index contributed by atoms with van der Waals surface area (Å²) < 4.78 is 47.3. The van der Waals surface area contributed by atoms with Crippen LogP contribution in [-0.2, 0) is 15.7 Å². The molecular weight excluding hydrogens is 251 g/mol. The lowest BCUT2D eigenvalue weighted by atomic mass is 10.1. The smallest absolute Gasteiger partial charge is 0.420 e. The molecule has 18 heavy (non-hydrogen) atoms. The summed E-state index contributed by atoms with van der Waals surface area (Å²) >= 11 is 0. The van der Waals surface area contributed by atoms with E-state index in [1.807, 2.05) is 0 Å². The predicted molar refractivity (Wildman–Crippen MR) is 58.0 cm³/mol. The molecule has 0 saturated carbocycles. The Hall–Kier alpha value is -1.92. The quantitative estimate of drug-likeness (QED) is 0.668. The molecule has 0 saturated heterocycles. The highest BCUT2D eigenvalue weighted by molar-refractivity contribution is 5.71. The number of nitrogens with two attached hydrogens (primary N) is 1. The number of carbonyl (C=O) groups excluding carboxylic acids is 1. The van der Waals surface area contributed by atoms with Crippen molar-refractivity contribution in [3.8, 4) is 5.75 Å². The predicted octanol–water partition coefficient (Wildman–Crippen LogP) is 2.23. The van der Waals surface area contributed by atoms with Gasteiger partial charge >= 0.3 is 12.1 Å². The average Bonchev–Trinajstić information content (AvgIpc) is 2.26. The van der Waals surface area contributed by atoms with E-state index in [1.165, 1.54) is 6.07 Å². The molecule has 1 aromatic carbocycles. The fourth-order valence-electron chi connectivity index (χ4n) is 1.23. The normalized spacial score (nSPS) is 11.1. The molecule has 0 atom stereocenters. The van der Waals surface area contributed by atoms with Gasteiger partial charge in [-0.2, -0.15) is 13.2 Å². The van der Waals surface area contributed by atoms with Crippen molar-refractivity contribution in [2.24, 2.45) is 0 Å². The Morgan fingerprint density at radius 1 is 1.39 bits per heavy atom. The van der Waals surface area contributed by atoms with Crippen LogP contribution in [0.25, 0.3) is 0 Å². The molecule has 0 spiro atoms. The SMILES string of the molecule is CCOC(=O)COc1ccc(N)cc1C(F)(F)F. The van der Waals surface area contributed by atoms with Gasteiger partial charge in [0.25, 0.3) is 0 Å². The maximum absolute atomic E-state index is 12.6. The van der Waals surface area contributed by atoms with Gasteiger partial charge in [0.05, 0.1) is 12.2 Å². The third-order valence-electron chi connectivity index (χ3n) is 1.96. The molecule has 0 heterocycles. The highest BCUT2D eigenvalue weighted by Crippen LogP contribution is 2.37. The molecule has 2 N–H and O–H groups in total. The van der Waals surface area contributed by atoms with Crippen LogP contribution in [0.15, 0.2) is 18.2 Å². The first kappa shape index (κ1) is 14.1. The summed E-state index contributed by atoms with van der Waals surface area (Å²) in [4.78, 5) is 11.0. The summed E-state index contributed by atoms with van der Waals surface area (Å²) in [6, 6.07) is 3.08. The second-order valence-corrected chi connectivity index (χ2v) is 3.35. The molecule has 0 aromatic heterocycles. The topological polar surface area (TPSA) is 61.5 Å². The summed E-state index contributed by atoms with van der Waals surface area (Å²) in [5.74, 6) is -1.19. The third kappa shape index (κ3) is 3.83.